The van der Waals surface area contributed by atoms with E-state index in [1.165, 1.54) is 11.8 Å². The predicted molar refractivity (Wildman–Crippen MR) is 123 cm³/mol. The first-order valence-corrected chi connectivity index (χ1v) is 11.8. The Bertz CT molecular complexity index is 710. The summed E-state index contributed by atoms with van der Waals surface area (Å²) in [5, 5.41) is 12.8. The van der Waals surface area contributed by atoms with Crippen molar-refractivity contribution in [2.24, 2.45) is 5.92 Å². The van der Waals surface area contributed by atoms with Gasteiger partial charge >= 0.3 is 0 Å². The molecule has 2 atom stereocenters. The number of ether oxygens (including phenoxy) is 1. The second kappa shape index (κ2) is 12.2. The number of carbonyl (C=O) groups is 2. The average Bonchev–Trinajstić information content (AvgIpc) is 2.68. The highest BCUT2D eigenvalue weighted by Crippen LogP contribution is 2.31. The number of fused-ring (bicyclic) bond motifs is 1. The predicted octanol–water partition coefficient (Wildman–Crippen LogP) is 3.40. The molecule has 1 aliphatic rings. The Balaban J connectivity index is 1.98. The van der Waals surface area contributed by atoms with Crippen molar-refractivity contribution in [2.45, 2.75) is 65.0 Å². The van der Waals surface area contributed by atoms with Gasteiger partial charge in [0.2, 0.25) is 5.91 Å². The number of rotatable bonds is 10. The van der Waals surface area contributed by atoms with Crippen LogP contribution in [0.1, 0.15) is 52.0 Å². The molecule has 1 aromatic carbocycles. The van der Waals surface area contributed by atoms with Gasteiger partial charge < -0.3 is 20.1 Å². The molecule has 2 unspecified atom stereocenters. The van der Waals surface area contributed by atoms with E-state index in [9.17, 15) is 14.7 Å². The number of hydrogen-bond acceptors (Lipinski definition) is 6. The molecule has 0 spiro atoms. The van der Waals surface area contributed by atoms with Crippen molar-refractivity contribution < 1.29 is 19.4 Å². The van der Waals surface area contributed by atoms with E-state index in [1.54, 1.807) is 6.92 Å². The maximum absolute atomic E-state index is 12.7. The number of thioether (sulfide) groups is 1. The lowest BCUT2D eigenvalue weighted by molar-refractivity contribution is -0.124. The number of aliphatic hydroxyl groups is 1. The van der Waals surface area contributed by atoms with Crippen molar-refractivity contribution in [3.8, 4) is 5.75 Å². The maximum Gasteiger partial charge on any atom is 0.243 e. The fourth-order valence-corrected chi connectivity index (χ4v) is 4.52. The van der Waals surface area contributed by atoms with E-state index in [2.05, 4.69) is 5.32 Å². The third-order valence-electron chi connectivity index (χ3n) is 5.40. The third-order valence-corrected chi connectivity index (χ3v) is 6.30. The van der Waals surface area contributed by atoms with Crippen molar-refractivity contribution in [1.82, 2.24) is 5.32 Å². The van der Waals surface area contributed by atoms with Crippen LogP contribution in [0.25, 0.3) is 0 Å². The van der Waals surface area contributed by atoms with Crippen LogP contribution in [-0.2, 0) is 16.0 Å². The molecule has 1 amide bonds. The third kappa shape index (κ3) is 7.20. The van der Waals surface area contributed by atoms with Crippen LogP contribution < -0.4 is 15.0 Å². The Morgan fingerprint density at radius 2 is 2.03 bits per heavy atom. The SMILES string of the molecule is CC(=O)SCCCCCCOc1ccc2c(c1)N(C)C(C(C)C)C(=O)NC(CO)C2. The molecule has 0 aliphatic carbocycles. The van der Waals surface area contributed by atoms with Gasteiger partial charge in [0.15, 0.2) is 5.12 Å². The summed E-state index contributed by atoms with van der Waals surface area (Å²) in [6.07, 6.45) is 4.80. The Kier molecular flexibility index (Phi) is 9.98. The van der Waals surface area contributed by atoms with Crippen LogP contribution in [0.4, 0.5) is 5.69 Å². The van der Waals surface area contributed by atoms with Crippen molar-refractivity contribution in [3.63, 3.8) is 0 Å². The van der Waals surface area contributed by atoms with Crippen LogP contribution in [0.2, 0.25) is 0 Å². The van der Waals surface area contributed by atoms with Gasteiger partial charge in [-0.2, -0.15) is 0 Å². The van der Waals surface area contributed by atoms with Crippen LogP contribution in [0.3, 0.4) is 0 Å². The molecule has 0 radical (unpaired) electrons. The highest BCUT2D eigenvalue weighted by Gasteiger charge is 2.32. The minimum atomic E-state index is -0.304. The number of carbonyl (C=O) groups excluding carboxylic acids is 2. The minimum absolute atomic E-state index is 0.0496. The molecule has 30 heavy (non-hydrogen) atoms. The van der Waals surface area contributed by atoms with Crippen molar-refractivity contribution in [1.29, 1.82) is 0 Å². The summed E-state index contributed by atoms with van der Waals surface area (Å²) in [4.78, 5) is 25.7. The van der Waals surface area contributed by atoms with Gasteiger partial charge in [0, 0.05) is 31.5 Å². The number of aliphatic hydroxyl groups excluding tert-OH is 1. The lowest BCUT2D eigenvalue weighted by Gasteiger charge is -2.37. The summed E-state index contributed by atoms with van der Waals surface area (Å²) in [6.45, 7) is 6.24. The van der Waals surface area contributed by atoms with E-state index in [-0.39, 0.29) is 35.6 Å². The van der Waals surface area contributed by atoms with Crippen LogP contribution in [0, 0.1) is 5.92 Å². The molecule has 0 saturated carbocycles. The molecule has 2 rings (SSSR count). The number of benzene rings is 1. The Hall–Kier alpha value is -1.73. The lowest BCUT2D eigenvalue weighted by atomic mass is 9.95. The molecule has 7 heteroatoms. The zero-order valence-corrected chi connectivity index (χ0v) is 19.5. The lowest BCUT2D eigenvalue weighted by Crippen LogP contribution is -2.54. The molecular formula is C23H36N2O4S. The highest BCUT2D eigenvalue weighted by atomic mass is 32.2. The number of nitrogens with zero attached hydrogens (tertiary/aromatic N) is 1. The molecule has 6 nitrogen and oxygen atoms in total. The van der Waals surface area contributed by atoms with E-state index in [0.29, 0.717) is 13.0 Å². The number of likely N-dealkylation sites (N-methyl/N-ethyl adjacent to an activating group) is 1. The highest BCUT2D eigenvalue weighted by molar-refractivity contribution is 8.13. The minimum Gasteiger partial charge on any atom is -0.494 e. The Morgan fingerprint density at radius 1 is 1.30 bits per heavy atom. The van der Waals surface area contributed by atoms with Gasteiger partial charge in [-0.3, -0.25) is 9.59 Å². The fourth-order valence-electron chi connectivity index (χ4n) is 3.89. The van der Waals surface area contributed by atoms with Crippen LogP contribution in [0.5, 0.6) is 5.75 Å². The molecule has 168 valence electrons. The Labute approximate surface area is 184 Å². The van der Waals surface area contributed by atoms with Gasteiger partial charge in [-0.05, 0) is 36.8 Å². The van der Waals surface area contributed by atoms with E-state index < -0.39 is 0 Å². The van der Waals surface area contributed by atoms with Crippen LogP contribution in [0.15, 0.2) is 18.2 Å². The molecule has 1 aromatic rings. The summed E-state index contributed by atoms with van der Waals surface area (Å²) in [5.41, 5.74) is 2.08. The van der Waals surface area contributed by atoms with Crippen LogP contribution in [-0.4, -0.2) is 54.2 Å². The molecule has 1 heterocycles. The van der Waals surface area contributed by atoms with E-state index in [4.69, 9.17) is 4.74 Å². The van der Waals surface area contributed by atoms with Gasteiger partial charge in [-0.1, -0.05) is 44.5 Å². The standard InChI is InChI=1S/C23H36N2O4S/c1-16(2)22-23(28)24-19(15-26)13-18-9-10-20(14-21(18)25(22)4)29-11-7-5-6-8-12-30-17(3)27/h9-10,14,16,19,22,26H,5-8,11-13,15H2,1-4H3,(H,24,28). The fraction of sp³-hybridized carbons (Fsp3) is 0.652. The summed E-state index contributed by atoms with van der Waals surface area (Å²) in [6, 6.07) is 5.44. The summed E-state index contributed by atoms with van der Waals surface area (Å²) < 4.78 is 5.98. The van der Waals surface area contributed by atoms with E-state index in [1.807, 2.05) is 44.0 Å². The second-order valence-corrected chi connectivity index (χ2v) is 9.56. The second-order valence-electron chi connectivity index (χ2n) is 8.29. The molecule has 0 fully saturated rings. The largest absolute Gasteiger partial charge is 0.494 e. The first kappa shape index (κ1) is 24.5. The summed E-state index contributed by atoms with van der Waals surface area (Å²) in [5.74, 6) is 1.78. The summed E-state index contributed by atoms with van der Waals surface area (Å²) >= 11 is 1.39. The average molecular weight is 437 g/mol. The van der Waals surface area contributed by atoms with Crippen molar-refractivity contribution in [2.75, 3.05) is 30.9 Å². The first-order valence-electron chi connectivity index (χ1n) is 10.9. The maximum atomic E-state index is 12.7. The smallest absolute Gasteiger partial charge is 0.243 e. The van der Waals surface area contributed by atoms with Gasteiger partial charge in [-0.25, -0.2) is 0 Å². The molecule has 2 N–H and O–H groups in total. The van der Waals surface area contributed by atoms with Crippen molar-refractivity contribution in [3.05, 3.63) is 23.8 Å². The zero-order chi connectivity index (χ0) is 22.1. The first-order chi connectivity index (χ1) is 14.3. The number of unbranched alkanes of at least 4 members (excludes halogenated alkanes) is 3. The van der Waals surface area contributed by atoms with Crippen LogP contribution >= 0.6 is 11.8 Å². The van der Waals surface area contributed by atoms with E-state index in [0.717, 1.165) is 48.4 Å². The monoisotopic (exact) mass is 436 g/mol. The normalized spacial score (nSPS) is 19.1. The molecular weight excluding hydrogens is 400 g/mol. The van der Waals surface area contributed by atoms with Gasteiger partial charge in [0.05, 0.1) is 19.3 Å². The molecule has 0 aromatic heterocycles. The molecule has 1 aliphatic heterocycles. The topological polar surface area (TPSA) is 78.9 Å². The number of anilines is 1. The quantitative estimate of drug-likeness (QED) is 0.548. The van der Waals surface area contributed by atoms with E-state index >= 15 is 0 Å². The number of nitrogens with one attached hydrogen (secondary N) is 1. The molecule has 0 bridgehead atoms. The zero-order valence-electron chi connectivity index (χ0n) is 18.6. The summed E-state index contributed by atoms with van der Waals surface area (Å²) in [7, 11) is 1.95. The number of hydrogen-bond donors (Lipinski definition) is 2. The van der Waals surface area contributed by atoms with Gasteiger partial charge in [0.1, 0.15) is 11.8 Å². The number of amides is 1. The molecule has 0 saturated heterocycles. The van der Waals surface area contributed by atoms with Gasteiger partial charge in [-0.15, -0.1) is 0 Å². The Morgan fingerprint density at radius 3 is 2.70 bits per heavy atom. The van der Waals surface area contributed by atoms with Gasteiger partial charge in [0.25, 0.3) is 0 Å². The van der Waals surface area contributed by atoms with Crippen molar-refractivity contribution >= 4 is 28.5 Å².